The average molecular weight is 483 g/mol. The van der Waals surface area contributed by atoms with E-state index in [4.69, 9.17) is 35.7 Å². The highest BCUT2D eigenvalue weighted by atomic mass is 16.4. The number of aliphatic hydroxyl groups excluding tert-OH is 7. The van der Waals surface area contributed by atoms with Crippen LogP contribution in [-0.2, 0) is 4.79 Å². The second-order valence-corrected chi connectivity index (χ2v) is 7.95. The number of aliphatic hydroxyl groups is 7. The van der Waals surface area contributed by atoms with Crippen molar-refractivity contribution in [2.45, 2.75) is 109 Å². The first-order chi connectivity index (χ1) is 15.8. The maximum absolute atomic E-state index is 10.3. The fraction of sp³-hybridized carbons (Fsp3) is 0.875. The minimum absolute atomic E-state index is 0.172. The fourth-order valence-corrected chi connectivity index (χ4v) is 2.48. The minimum Gasteiger partial charge on any atom is -0.481 e. The third-order valence-corrected chi connectivity index (χ3v) is 4.57. The Bertz CT molecular complexity index is 387. The fourth-order valence-electron chi connectivity index (χ4n) is 2.48. The summed E-state index contributed by atoms with van der Waals surface area (Å²) in [6.07, 6.45) is 15.4. The van der Waals surface area contributed by atoms with E-state index in [1.165, 1.54) is 25.7 Å². The summed E-state index contributed by atoms with van der Waals surface area (Å²) < 4.78 is 0. The van der Waals surface area contributed by atoms with Crippen LogP contribution >= 0.6 is 0 Å². The van der Waals surface area contributed by atoms with E-state index in [2.05, 4.69) is 19.1 Å². The van der Waals surface area contributed by atoms with E-state index in [1.54, 1.807) is 0 Å². The highest BCUT2D eigenvalue weighted by Gasteiger charge is 2.00. The van der Waals surface area contributed by atoms with Crippen LogP contribution in [0.25, 0.3) is 0 Å². The van der Waals surface area contributed by atoms with E-state index >= 15 is 0 Å². The lowest BCUT2D eigenvalue weighted by Crippen LogP contribution is -2.15. The molecule has 9 heteroatoms. The highest BCUT2D eigenvalue weighted by Crippen LogP contribution is 2.10. The Morgan fingerprint density at radius 1 is 0.667 bits per heavy atom. The number of allylic oxidation sites excluding steroid dienone is 1. The topological polar surface area (TPSA) is 179 Å². The summed E-state index contributed by atoms with van der Waals surface area (Å²) in [5.41, 5.74) is 0. The van der Waals surface area contributed by atoms with Crippen molar-refractivity contribution < 1.29 is 45.6 Å². The van der Waals surface area contributed by atoms with Crippen molar-refractivity contribution in [3.63, 3.8) is 0 Å². The Hall–Kier alpha value is -1.07. The van der Waals surface area contributed by atoms with Crippen LogP contribution in [-0.4, -0.2) is 91.6 Å². The van der Waals surface area contributed by atoms with E-state index in [-0.39, 0.29) is 32.5 Å². The predicted octanol–water partition coefficient (Wildman–Crippen LogP) is 1.74. The summed E-state index contributed by atoms with van der Waals surface area (Å²) in [4.78, 5) is 10.3. The molecule has 0 radical (unpaired) electrons. The van der Waals surface area contributed by atoms with Crippen molar-refractivity contribution in [1.82, 2.24) is 0 Å². The second-order valence-electron chi connectivity index (χ2n) is 7.95. The largest absolute Gasteiger partial charge is 0.481 e. The Labute approximate surface area is 199 Å². The molecular formula is C24H50O9. The van der Waals surface area contributed by atoms with Crippen molar-refractivity contribution in [3.8, 4) is 0 Å². The van der Waals surface area contributed by atoms with Gasteiger partial charge in [0.1, 0.15) is 12.2 Å². The molecule has 0 saturated carbocycles. The molecule has 0 heterocycles. The lowest BCUT2D eigenvalue weighted by Gasteiger charge is -2.07. The molecule has 8 N–H and O–H groups in total. The summed E-state index contributed by atoms with van der Waals surface area (Å²) in [5, 5.41) is 66.3. The highest BCUT2D eigenvalue weighted by molar-refractivity contribution is 5.66. The maximum atomic E-state index is 10.3. The molecule has 0 aromatic heterocycles. The molecule has 0 rings (SSSR count). The molecule has 0 saturated heterocycles. The van der Waals surface area contributed by atoms with Crippen molar-refractivity contribution in [2.75, 3.05) is 26.4 Å². The summed E-state index contributed by atoms with van der Waals surface area (Å²) in [6.45, 7) is 0.741. The van der Waals surface area contributed by atoms with Crippen LogP contribution in [0.5, 0.6) is 0 Å². The van der Waals surface area contributed by atoms with Crippen LogP contribution in [0.2, 0.25) is 0 Å². The van der Waals surface area contributed by atoms with Crippen molar-refractivity contribution >= 4 is 5.97 Å². The van der Waals surface area contributed by atoms with Crippen LogP contribution in [0.1, 0.15) is 90.4 Å². The normalized spacial score (nSPS) is 11.8. The zero-order chi connectivity index (χ0) is 25.7. The van der Waals surface area contributed by atoms with E-state index < -0.39 is 18.2 Å². The standard InChI is InChI=1S/C18H34O3.2C3H8O3/c1-2-3-4-11-14-17(19)15-12-9-7-5-6-8-10-13-16-18(20)21;2*4-1-3(6)2-5/h9,12,17,19H,2-8,10-11,13-16H2,1H3,(H,20,21);2*3-6H,1-2H2/b12-9-;;. The summed E-state index contributed by atoms with van der Waals surface area (Å²) in [5.74, 6) is -0.689. The second kappa shape index (κ2) is 30.9. The molecular weight excluding hydrogens is 432 g/mol. The van der Waals surface area contributed by atoms with Gasteiger partial charge in [0.05, 0.1) is 32.5 Å². The Balaban J connectivity index is -0.000000611. The van der Waals surface area contributed by atoms with Crippen LogP contribution in [0.4, 0.5) is 0 Å². The number of aliphatic carboxylic acids is 1. The lowest BCUT2D eigenvalue weighted by atomic mass is 10.1. The molecule has 0 aromatic rings. The van der Waals surface area contributed by atoms with Gasteiger partial charge in [-0.25, -0.2) is 0 Å². The number of carboxylic acids is 1. The number of rotatable bonds is 19. The first-order valence-electron chi connectivity index (χ1n) is 12.1. The minimum atomic E-state index is -0.954. The van der Waals surface area contributed by atoms with Gasteiger partial charge >= 0.3 is 5.97 Å². The quantitative estimate of drug-likeness (QED) is 0.100. The monoisotopic (exact) mass is 482 g/mol. The summed E-state index contributed by atoms with van der Waals surface area (Å²) in [6, 6.07) is 0. The third kappa shape index (κ3) is 38.5. The van der Waals surface area contributed by atoms with Crippen molar-refractivity contribution in [3.05, 3.63) is 12.2 Å². The predicted molar refractivity (Wildman–Crippen MR) is 129 cm³/mol. The molecule has 9 nitrogen and oxygen atoms in total. The molecule has 0 bridgehead atoms. The van der Waals surface area contributed by atoms with Gasteiger partial charge in [-0.3, -0.25) is 4.79 Å². The smallest absolute Gasteiger partial charge is 0.303 e. The Kier molecular flexibility index (Phi) is 34.2. The summed E-state index contributed by atoms with van der Waals surface area (Å²) >= 11 is 0. The van der Waals surface area contributed by atoms with Crippen LogP contribution in [0, 0.1) is 0 Å². The molecule has 1 atom stereocenters. The van der Waals surface area contributed by atoms with Crippen molar-refractivity contribution in [1.29, 1.82) is 0 Å². The number of unbranched alkanes of at least 4 members (excludes halogenated alkanes) is 8. The van der Waals surface area contributed by atoms with Gasteiger partial charge in [0.2, 0.25) is 0 Å². The summed E-state index contributed by atoms with van der Waals surface area (Å²) in [7, 11) is 0. The van der Waals surface area contributed by atoms with E-state index in [0.717, 1.165) is 51.4 Å². The lowest BCUT2D eigenvalue weighted by molar-refractivity contribution is -0.137. The first-order valence-corrected chi connectivity index (χ1v) is 12.1. The van der Waals surface area contributed by atoms with E-state index in [1.807, 2.05) is 0 Å². The number of carboxylic acid groups (broad SMARTS) is 1. The molecule has 33 heavy (non-hydrogen) atoms. The van der Waals surface area contributed by atoms with Gasteiger partial charge in [-0.2, -0.15) is 0 Å². The molecule has 1 unspecified atom stereocenters. The first kappa shape index (κ1) is 36.5. The van der Waals surface area contributed by atoms with Gasteiger partial charge in [0.15, 0.2) is 0 Å². The van der Waals surface area contributed by atoms with E-state index in [9.17, 15) is 9.90 Å². The van der Waals surface area contributed by atoms with Crippen LogP contribution in [0.15, 0.2) is 12.2 Å². The van der Waals surface area contributed by atoms with Gasteiger partial charge < -0.3 is 40.9 Å². The molecule has 0 aliphatic carbocycles. The Morgan fingerprint density at radius 2 is 1.15 bits per heavy atom. The molecule has 0 fully saturated rings. The van der Waals surface area contributed by atoms with Gasteiger partial charge in [-0.15, -0.1) is 0 Å². The molecule has 0 aliphatic heterocycles. The zero-order valence-corrected chi connectivity index (χ0v) is 20.4. The molecule has 0 amide bonds. The number of carbonyl (C=O) groups is 1. The van der Waals surface area contributed by atoms with Crippen LogP contribution < -0.4 is 0 Å². The zero-order valence-electron chi connectivity index (χ0n) is 20.4. The van der Waals surface area contributed by atoms with Gasteiger partial charge in [0.25, 0.3) is 0 Å². The number of hydrogen-bond donors (Lipinski definition) is 8. The van der Waals surface area contributed by atoms with Crippen molar-refractivity contribution in [2.24, 2.45) is 0 Å². The molecule has 200 valence electrons. The SMILES string of the molecule is CCCCCCC(O)C/C=C\CCCCCCCC(=O)O.OCC(O)CO.OCC(O)CO. The van der Waals surface area contributed by atoms with Gasteiger partial charge in [0, 0.05) is 6.42 Å². The van der Waals surface area contributed by atoms with E-state index in [0.29, 0.717) is 6.42 Å². The van der Waals surface area contributed by atoms with Crippen LogP contribution in [0.3, 0.4) is 0 Å². The van der Waals surface area contributed by atoms with Gasteiger partial charge in [-0.1, -0.05) is 64.0 Å². The average Bonchev–Trinajstić information content (AvgIpc) is 2.82. The van der Waals surface area contributed by atoms with Gasteiger partial charge in [-0.05, 0) is 32.1 Å². The molecule has 0 aliphatic rings. The molecule has 0 spiro atoms. The number of hydrogen-bond acceptors (Lipinski definition) is 8. The molecule has 0 aromatic carbocycles. The Morgan fingerprint density at radius 3 is 1.61 bits per heavy atom. The maximum Gasteiger partial charge on any atom is 0.303 e. The third-order valence-electron chi connectivity index (χ3n) is 4.57.